The molecule has 1 aromatic carbocycles. The first-order chi connectivity index (χ1) is 10.1. The van der Waals surface area contributed by atoms with E-state index in [1.165, 1.54) is 6.07 Å². The Bertz CT molecular complexity index is 620. The van der Waals surface area contributed by atoms with Crippen LogP contribution in [0.5, 0.6) is 0 Å². The highest BCUT2D eigenvalue weighted by molar-refractivity contribution is 5.59. The van der Waals surface area contributed by atoms with Gasteiger partial charge in [0.25, 0.3) is 0 Å². The van der Waals surface area contributed by atoms with Crippen LogP contribution >= 0.6 is 0 Å². The maximum absolute atomic E-state index is 13.9. The van der Waals surface area contributed by atoms with E-state index in [9.17, 15) is 4.39 Å². The Labute approximate surface area is 123 Å². The molecule has 2 aromatic rings. The second kappa shape index (κ2) is 5.95. The number of nitrogens with zero attached hydrogens (tertiary/aromatic N) is 2. The molecule has 0 radical (unpaired) electrons. The Morgan fingerprint density at radius 1 is 1.29 bits per heavy atom. The zero-order valence-electron chi connectivity index (χ0n) is 12.4. The van der Waals surface area contributed by atoms with Crippen LogP contribution in [0.4, 0.5) is 4.39 Å². The summed E-state index contributed by atoms with van der Waals surface area (Å²) in [7, 11) is 0. The van der Waals surface area contributed by atoms with Gasteiger partial charge in [-0.2, -0.15) is 0 Å². The SMILES string of the molecule is Cc1ccc(F)c(-c2cc([C@H](C)N3CCNCC3)no2)c1. The van der Waals surface area contributed by atoms with Crippen LogP contribution in [0, 0.1) is 12.7 Å². The minimum Gasteiger partial charge on any atom is -0.356 e. The van der Waals surface area contributed by atoms with Crippen molar-refractivity contribution in [3.8, 4) is 11.3 Å². The molecular formula is C16H20FN3O. The summed E-state index contributed by atoms with van der Waals surface area (Å²) in [5, 5.41) is 7.47. The third-order valence-electron chi connectivity index (χ3n) is 4.04. The average Bonchev–Trinajstić information content (AvgIpc) is 2.99. The second-order valence-electron chi connectivity index (χ2n) is 5.56. The van der Waals surface area contributed by atoms with Gasteiger partial charge in [-0.1, -0.05) is 16.8 Å². The lowest BCUT2D eigenvalue weighted by molar-refractivity contribution is 0.179. The molecule has 1 aliphatic heterocycles. The molecule has 5 heteroatoms. The summed E-state index contributed by atoms with van der Waals surface area (Å²) < 4.78 is 19.3. The van der Waals surface area contributed by atoms with E-state index in [2.05, 4.69) is 22.3 Å². The van der Waals surface area contributed by atoms with Gasteiger partial charge in [-0.15, -0.1) is 0 Å². The number of hydrogen-bond acceptors (Lipinski definition) is 4. The van der Waals surface area contributed by atoms with E-state index in [-0.39, 0.29) is 11.9 Å². The fourth-order valence-corrected chi connectivity index (χ4v) is 2.70. The van der Waals surface area contributed by atoms with Crippen LogP contribution in [0.15, 0.2) is 28.8 Å². The molecular weight excluding hydrogens is 269 g/mol. The summed E-state index contributed by atoms with van der Waals surface area (Å²) in [5.74, 6) is 0.214. The van der Waals surface area contributed by atoms with Crippen LogP contribution in [0.3, 0.4) is 0 Å². The Morgan fingerprint density at radius 2 is 2.05 bits per heavy atom. The summed E-state index contributed by atoms with van der Waals surface area (Å²) in [6.45, 7) is 8.00. The molecule has 1 N–H and O–H groups in total. The zero-order chi connectivity index (χ0) is 14.8. The Balaban J connectivity index is 1.84. The van der Waals surface area contributed by atoms with Gasteiger partial charge >= 0.3 is 0 Å². The fourth-order valence-electron chi connectivity index (χ4n) is 2.70. The molecule has 1 atom stereocenters. The summed E-state index contributed by atoms with van der Waals surface area (Å²) in [6.07, 6.45) is 0. The van der Waals surface area contributed by atoms with Gasteiger partial charge in [0.15, 0.2) is 5.76 Å². The van der Waals surface area contributed by atoms with Crippen LogP contribution < -0.4 is 5.32 Å². The lowest BCUT2D eigenvalue weighted by Crippen LogP contribution is -2.44. The Kier molecular flexibility index (Phi) is 4.03. The molecule has 1 aliphatic rings. The van der Waals surface area contributed by atoms with E-state index in [1.54, 1.807) is 12.1 Å². The van der Waals surface area contributed by atoms with Gasteiger partial charge in [0.2, 0.25) is 0 Å². The third-order valence-corrected chi connectivity index (χ3v) is 4.04. The molecule has 0 saturated carbocycles. The van der Waals surface area contributed by atoms with Gasteiger partial charge in [0, 0.05) is 32.2 Å². The van der Waals surface area contributed by atoms with E-state index < -0.39 is 0 Å². The van der Waals surface area contributed by atoms with E-state index >= 15 is 0 Å². The van der Waals surface area contributed by atoms with Crippen LogP contribution in [0.2, 0.25) is 0 Å². The zero-order valence-corrected chi connectivity index (χ0v) is 12.4. The Morgan fingerprint density at radius 3 is 2.81 bits per heavy atom. The first kappa shape index (κ1) is 14.2. The quantitative estimate of drug-likeness (QED) is 0.943. The van der Waals surface area contributed by atoms with E-state index in [4.69, 9.17) is 4.52 Å². The predicted molar refractivity (Wildman–Crippen MR) is 79.5 cm³/mol. The number of nitrogens with one attached hydrogen (secondary N) is 1. The van der Waals surface area contributed by atoms with E-state index in [0.29, 0.717) is 11.3 Å². The smallest absolute Gasteiger partial charge is 0.170 e. The molecule has 3 rings (SSSR count). The number of benzene rings is 1. The van der Waals surface area contributed by atoms with Crippen molar-refractivity contribution < 1.29 is 8.91 Å². The van der Waals surface area contributed by atoms with Gasteiger partial charge in [-0.25, -0.2) is 4.39 Å². The van der Waals surface area contributed by atoms with E-state index in [1.807, 2.05) is 13.0 Å². The molecule has 1 fully saturated rings. The van der Waals surface area contributed by atoms with Crippen molar-refractivity contribution in [1.29, 1.82) is 0 Å². The lowest BCUT2D eigenvalue weighted by Gasteiger charge is -2.31. The Hall–Kier alpha value is -1.72. The number of hydrogen-bond donors (Lipinski definition) is 1. The topological polar surface area (TPSA) is 41.3 Å². The summed E-state index contributed by atoms with van der Waals surface area (Å²) in [4.78, 5) is 2.35. The van der Waals surface area contributed by atoms with E-state index in [0.717, 1.165) is 37.4 Å². The molecule has 21 heavy (non-hydrogen) atoms. The third kappa shape index (κ3) is 2.99. The highest BCUT2D eigenvalue weighted by Crippen LogP contribution is 2.28. The van der Waals surface area contributed by atoms with Crippen molar-refractivity contribution in [2.24, 2.45) is 0 Å². The predicted octanol–water partition coefficient (Wildman–Crippen LogP) is 2.76. The maximum Gasteiger partial charge on any atom is 0.170 e. The molecule has 0 bridgehead atoms. The molecule has 112 valence electrons. The normalized spacial score (nSPS) is 17.9. The lowest BCUT2D eigenvalue weighted by atomic mass is 10.1. The largest absolute Gasteiger partial charge is 0.356 e. The minimum absolute atomic E-state index is 0.178. The van der Waals surface area contributed by atoms with Crippen molar-refractivity contribution >= 4 is 0 Å². The van der Waals surface area contributed by atoms with Crippen molar-refractivity contribution in [2.75, 3.05) is 26.2 Å². The average molecular weight is 289 g/mol. The summed E-state index contributed by atoms with van der Waals surface area (Å²) in [5.41, 5.74) is 2.33. The maximum atomic E-state index is 13.9. The highest BCUT2D eigenvalue weighted by Gasteiger charge is 2.22. The molecule has 1 saturated heterocycles. The number of aryl methyl sites for hydroxylation is 1. The minimum atomic E-state index is -0.280. The first-order valence-corrected chi connectivity index (χ1v) is 7.33. The van der Waals surface area contributed by atoms with Crippen molar-refractivity contribution in [2.45, 2.75) is 19.9 Å². The summed E-state index contributed by atoms with van der Waals surface area (Å²) in [6, 6.07) is 7.03. The molecule has 1 aromatic heterocycles. The van der Waals surface area contributed by atoms with Crippen LogP contribution in [0.1, 0.15) is 24.2 Å². The monoisotopic (exact) mass is 289 g/mol. The number of piperazine rings is 1. The number of rotatable bonds is 3. The van der Waals surface area contributed by atoms with Gasteiger partial charge in [-0.05, 0) is 26.0 Å². The van der Waals surface area contributed by atoms with Crippen LogP contribution in [-0.2, 0) is 0 Å². The fraction of sp³-hybridized carbons (Fsp3) is 0.438. The molecule has 0 unspecified atom stereocenters. The highest BCUT2D eigenvalue weighted by atomic mass is 19.1. The van der Waals surface area contributed by atoms with Gasteiger partial charge < -0.3 is 9.84 Å². The van der Waals surface area contributed by atoms with Crippen molar-refractivity contribution in [3.63, 3.8) is 0 Å². The number of halogens is 1. The van der Waals surface area contributed by atoms with Gasteiger partial charge in [0.05, 0.1) is 11.6 Å². The summed E-state index contributed by atoms with van der Waals surface area (Å²) >= 11 is 0. The molecule has 0 spiro atoms. The molecule has 4 nitrogen and oxygen atoms in total. The van der Waals surface area contributed by atoms with Crippen molar-refractivity contribution in [3.05, 3.63) is 41.3 Å². The second-order valence-corrected chi connectivity index (χ2v) is 5.56. The first-order valence-electron chi connectivity index (χ1n) is 7.33. The van der Waals surface area contributed by atoms with Gasteiger partial charge in [0.1, 0.15) is 11.5 Å². The molecule has 0 aliphatic carbocycles. The van der Waals surface area contributed by atoms with Gasteiger partial charge in [-0.3, -0.25) is 4.90 Å². The molecule has 2 heterocycles. The van der Waals surface area contributed by atoms with Crippen molar-refractivity contribution in [1.82, 2.24) is 15.4 Å². The molecule has 0 amide bonds. The standard InChI is InChI=1S/C16H20FN3O/c1-11-3-4-14(17)13(9-11)16-10-15(19-21-16)12(2)20-7-5-18-6-8-20/h3-4,9-10,12,18H,5-8H2,1-2H3/t12-/m0/s1. The number of aromatic nitrogens is 1. The van der Waals surface area contributed by atoms with Crippen LogP contribution in [-0.4, -0.2) is 36.2 Å². The van der Waals surface area contributed by atoms with Crippen LogP contribution in [0.25, 0.3) is 11.3 Å².